The lowest BCUT2D eigenvalue weighted by Gasteiger charge is -2.17. The number of allylic oxidation sites excluding steroid dienone is 1. The largest absolute Gasteiger partial charge is 0.573 e. The van der Waals surface area contributed by atoms with E-state index in [1.807, 2.05) is 91.9 Å². The van der Waals surface area contributed by atoms with Gasteiger partial charge in [0, 0.05) is 11.1 Å². The Balaban J connectivity index is 1.51. The van der Waals surface area contributed by atoms with Crippen LogP contribution in [0.25, 0.3) is 65.3 Å². The number of fused-ring (bicyclic) bond motifs is 5. The number of rotatable bonds is 3. The minimum absolute atomic E-state index is 0.195. The summed E-state index contributed by atoms with van der Waals surface area (Å²) in [7, 11) is 0. The van der Waals surface area contributed by atoms with Crippen LogP contribution >= 0.6 is 0 Å². The van der Waals surface area contributed by atoms with Crippen molar-refractivity contribution in [3.05, 3.63) is 143 Å². The molecule has 0 amide bonds. The number of ether oxygens (including phenoxy) is 1. The van der Waals surface area contributed by atoms with Crippen LogP contribution in [0.1, 0.15) is 16.7 Å². The number of alkyl halides is 3. The molecule has 210 valence electrons. The van der Waals surface area contributed by atoms with E-state index in [1.165, 1.54) is 6.07 Å². The van der Waals surface area contributed by atoms with Crippen LogP contribution in [-0.4, -0.2) is 6.36 Å². The molecule has 0 aromatic heterocycles. The van der Waals surface area contributed by atoms with Gasteiger partial charge in [0.1, 0.15) is 5.75 Å². The van der Waals surface area contributed by atoms with Gasteiger partial charge in [-0.2, -0.15) is 0 Å². The molecule has 1 aliphatic rings. The first-order valence-corrected chi connectivity index (χ1v) is 13.8. The molecule has 0 heterocycles. The Morgan fingerprint density at radius 1 is 0.659 bits per heavy atom. The lowest BCUT2D eigenvalue weighted by Crippen LogP contribution is -2.17. The van der Waals surface area contributed by atoms with Crippen molar-refractivity contribution in [2.45, 2.75) is 13.3 Å². The first-order valence-electron chi connectivity index (χ1n) is 13.8. The van der Waals surface area contributed by atoms with E-state index in [0.29, 0.717) is 27.8 Å². The van der Waals surface area contributed by atoms with Crippen molar-refractivity contribution in [2.75, 3.05) is 0 Å². The van der Waals surface area contributed by atoms with E-state index in [-0.39, 0.29) is 11.3 Å². The normalized spacial score (nSPS) is 13.2. The second kappa shape index (κ2) is 10.2. The van der Waals surface area contributed by atoms with Crippen molar-refractivity contribution in [3.8, 4) is 45.2 Å². The standard InChI is InChI=1S/C38H21F3N2O/c1-22-15-33-31(18-29(22)27-13-11-23-7-3-5-9-25(23)16-27)32-19-30(28-14-12-24-8-4-6-10-26(24)17-28)36(44-38(39,40)41)20-34(32)37(33)35(21-42)43-2/h3-20H,1H3/b37-35+. The molecule has 0 saturated carbocycles. The predicted molar refractivity (Wildman–Crippen MR) is 167 cm³/mol. The van der Waals surface area contributed by atoms with Gasteiger partial charge in [-0.15, -0.1) is 13.2 Å². The number of aryl methyl sites for hydroxylation is 1. The van der Waals surface area contributed by atoms with Gasteiger partial charge >= 0.3 is 6.36 Å². The molecule has 0 unspecified atom stereocenters. The number of hydrogen-bond donors (Lipinski definition) is 0. The van der Waals surface area contributed by atoms with Gasteiger partial charge in [-0.25, -0.2) is 10.1 Å². The SMILES string of the molecule is [C-]#[N+]/C(C#N)=C1\c2cc(C)c(-c3ccc4ccccc4c3)cc2-c2cc(-c3ccc4ccccc4c3)c(OC(F)(F)F)cc21. The van der Waals surface area contributed by atoms with Crippen LogP contribution in [0, 0.1) is 24.8 Å². The third-order valence-corrected chi connectivity index (χ3v) is 8.11. The zero-order valence-corrected chi connectivity index (χ0v) is 23.3. The van der Waals surface area contributed by atoms with Gasteiger partial charge in [0.2, 0.25) is 0 Å². The van der Waals surface area contributed by atoms with Crippen LogP contribution in [-0.2, 0) is 0 Å². The van der Waals surface area contributed by atoms with E-state index >= 15 is 0 Å². The van der Waals surface area contributed by atoms with Gasteiger partial charge in [0.25, 0.3) is 5.70 Å². The monoisotopic (exact) mass is 578 g/mol. The summed E-state index contributed by atoms with van der Waals surface area (Å²) in [4.78, 5) is 3.46. The topological polar surface area (TPSA) is 37.4 Å². The molecule has 6 heteroatoms. The van der Waals surface area contributed by atoms with E-state index in [2.05, 4.69) is 21.7 Å². The Labute approximate surface area is 251 Å². The van der Waals surface area contributed by atoms with E-state index in [0.717, 1.165) is 43.8 Å². The second-order valence-corrected chi connectivity index (χ2v) is 10.7. The average Bonchev–Trinajstić information content (AvgIpc) is 3.31. The van der Waals surface area contributed by atoms with Crippen molar-refractivity contribution in [2.24, 2.45) is 0 Å². The summed E-state index contributed by atoms with van der Waals surface area (Å²) in [5.41, 5.74) is 6.11. The molecular weight excluding hydrogens is 557 g/mol. The average molecular weight is 579 g/mol. The Morgan fingerprint density at radius 3 is 1.73 bits per heavy atom. The van der Waals surface area contributed by atoms with Gasteiger partial charge in [-0.1, -0.05) is 78.9 Å². The van der Waals surface area contributed by atoms with Gasteiger partial charge in [0.15, 0.2) is 0 Å². The first-order chi connectivity index (χ1) is 21.2. The van der Waals surface area contributed by atoms with Crippen molar-refractivity contribution >= 4 is 27.1 Å². The minimum Gasteiger partial charge on any atom is -0.405 e. The summed E-state index contributed by atoms with van der Waals surface area (Å²) in [6.45, 7) is 9.65. The maximum atomic E-state index is 13.8. The summed E-state index contributed by atoms with van der Waals surface area (Å²) in [5, 5.41) is 13.9. The third-order valence-electron chi connectivity index (χ3n) is 8.11. The Kier molecular flexibility index (Phi) is 6.23. The molecule has 0 fully saturated rings. The molecule has 3 nitrogen and oxygen atoms in total. The molecule has 7 rings (SSSR count). The molecule has 1 aliphatic carbocycles. The number of halogens is 3. The van der Waals surface area contributed by atoms with Crippen LogP contribution in [0.4, 0.5) is 13.2 Å². The zero-order valence-electron chi connectivity index (χ0n) is 23.3. The highest BCUT2D eigenvalue weighted by molar-refractivity contribution is 6.07. The van der Waals surface area contributed by atoms with Crippen molar-refractivity contribution in [1.29, 1.82) is 5.26 Å². The summed E-state index contributed by atoms with van der Waals surface area (Å²) in [6, 6.07) is 36.2. The maximum absolute atomic E-state index is 13.8. The summed E-state index contributed by atoms with van der Waals surface area (Å²) in [5.74, 6) is -0.398. The highest BCUT2D eigenvalue weighted by Crippen LogP contribution is 2.52. The van der Waals surface area contributed by atoms with Gasteiger partial charge in [-0.05, 0) is 103 Å². The van der Waals surface area contributed by atoms with E-state index in [4.69, 9.17) is 6.57 Å². The zero-order chi connectivity index (χ0) is 30.6. The molecule has 6 aromatic rings. The smallest absolute Gasteiger partial charge is 0.405 e. The third kappa shape index (κ3) is 4.54. The van der Waals surface area contributed by atoms with Crippen molar-refractivity contribution < 1.29 is 17.9 Å². The van der Waals surface area contributed by atoms with Crippen molar-refractivity contribution in [1.82, 2.24) is 0 Å². The van der Waals surface area contributed by atoms with Gasteiger partial charge in [0.05, 0.1) is 12.6 Å². The van der Waals surface area contributed by atoms with Gasteiger partial charge in [-0.3, -0.25) is 0 Å². The molecule has 0 aliphatic heterocycles. The molecule has 44 heavy (non-hydrogen) atoms. The van der Waals surface area contributed by atoms with Gasteiger partial charge < -0.3 is 4.74 Å². The molecule has 0 N–H and O–H groups in total. The fraction of sp³-hybridized carbons (Fsp3) is 0.0526. The lowest BCUT2D eigenvalue weighted by atomic mass is 9.92. The number of nitriles is 1. The van der Waals surface area contributed by atoms with Crippen molar-refractivity contribution in [3.63, 3.8) is 0 Å². The molecule has 0 spiro atoms. The summed E-state index contributed by atoms with van der Waals surface area (Å²) >= 11 is 0. The summed E-state index contributed by atoms with van der Waals surface area (Å²) in [6.07, 6.45) is -4.95. The molecule has 0 bridgehead atoms. The Bertz CT molecular complexity index is 2270. The van der Waals surface area contributed by atoms with Crippen LogP contribution in [0.15, 0.2) is 115 Å². The highest BCUT2D eigenvalue weighted by Gasteiger charge is 2.35. The Morgan fingerprint density at radius 2 is 1.18 bits per heavy atom. The predicted octanol–water partition coefficient (Wildman–Crippen LogP) is 10.7. The van der Waals surface area contributed by atoms with Crippen LogP contribution in [0.2, 0.25) is 0 Å². The Hall–Kier alpha value is -5.85. The molecule has 0 radical (unpaired) electrons. The summed E-state index contributed by atoms with van der Waals surface area (Å²) < 4.78 is 45.9. The molecular formula is C38H21F3N2O. The molecule has 0 atom stereocenters. The first kappa shape index (κ1) is 27.0. The fourth-order valence-corrected chi connectivity index (χ4v) is 6.14. The lowest BCUT2D eigenvalue weighted by molar-refractivity contribution is -0.274. The van der Waals surface area contributed by atoms with Crippen LogP contribution < -0.4 is 4.74 Å². The van der Waals surface area contributed by atoms with E-state index in [1.54, 1.807) is 12.1 Å². The van der Waals surface area contributed by atoms with Crippen LogP contribution in [0.3, 0.4) is 0 Å². The molecule has 6 aromatic carbocycles. The minimum atomic E-state index is -4.95. The second-order valence-electron chi connectivity index (χ2n) is 10.7. The van der Waals surface area contributed by atoms with E-state index < -0.39 is 12.1 Å². The quantitative estimate of drug-likeness (QED) is 0.155. The van der Waals surface area contributed by atoms with Crippen LogP contribution in [0.5, 0.6) is 5.75 Å². The maximum Gasteiger partial charge on any atom is 0.573 e. The number of hydrogen-bond acceptors (Lipinski definition) is 2. The fourth-order valence-electron chi connectivity index (χ4n) is 6.14. The number of nitrogens with zero attached hydrogens (tertiary/aromatic N) is 2. The van der Waals surface area contributed by atoms with E-state index in [9.17, 15) is 18.4 Å². The molecule has 0 saturated heterocycles. The highest BCUT2D eigenvalue weighted by atomic mass is 19.4. The number of benzene rings is 6.